The Morgan fingerprint density at radius 2 is 2.31 bits per heavy atom. The van der Waals surface area contributed by atoms with Crippen LogP contribution in [0.25, 0.3) is 0 Å². The molecule has 0 radical (unpaired) electrons. The lowest BCUT2D eigenvalue weighted by Gasteiger charge is -2.26. The number of carbonyl (C=O) groups is 2. The van der Waals surface area contributed by atoms with Crippen molar-refractivity contribution in [1.82, 2.24) is 0 Å². The van der Waals surface area contributed by atoms with E-state index in [1.165, 1.54) is 12.2 Å². The van der Waals surface area contributed by atoms with Crippen molar-refractivity contribution in [3.05, 3.63) is 12.2 Å². The molecular formula is C11H14O5. The first kappa shape index (κ1) is 11.3. The normalized spacial score (nSPS) is 34.2. The molecule has 2 aliphatic rings. The van der Waals surface area contributed by atoms with Crippen molar-refractivity contribution in [3.8, 4) is 0 Å². The highest BCUT2D eigenvalue weighted by Gasteiger charge is 2.38. The van der Waals surface area contributed by atoms with Gasteiger partial charge in [0.25, 0.3) is 0 Å². The van der Waals surface area contributed by atoms with Gasteiger partial charge in [-0.3, -0.25) is 9.59 Å². The highest BCUT2D eigenvalue weighted by molar-refractivity contribution is 6.07. The van der Waals surface area contributed by atoms with Crippen molar-refractivity contribution in [2.24, 2.45) is 5.92 Å². The largest absolute Gasteiger partial charge is 0.481 e. The molecule has 5 heteroatoms. The van der Waals surface area contributed by atoms with Crippen molar-refractivity contribution < 1.29 is 24.2 Å². The van der Waals surface area contributed by atoms with E-state index in [1.54, 1.807) is 0 Å². The fourth-order valence-corrected chi connectivity index (χ4v) is 1.95. The van der Waals surface area contributed by atoms with E-state index in [1.807, 2.05) is 0 Å². The molecule has 3 atom stereocenters. The third-order valence-electron chi connectivity index (χ3n) is 2.80. The van der Waals surface area contributed by atoms with Gasteiger partial charge in [-0.2, -0.15) is 0 Å². The second-order valence-electron chi connectivity index (χ2n) is 3.97. The lowest BCUT2D eigenvalue weighted by atomic mass is 10.0. The molecule has 1 N–H and O–H groups in total. The minimum atomic E-state index is -1.14. The van der Waals surface area contributed by atoms with Gasteiger partial charge in [-0.05, 0) is 25.3 Å². The molecule has 0 aromatic rings. The summed E-state index contributed by atoms with van der Waals surface area (Å²) in [5.41, 5.74) is 0. The molecule has 0 bridgehead atoms. The van der Waals surface area contributed by atoms with Gasteiger partial charge in [-0.25, -0.2) is 0 Å². The molecular weight excluding hydrogens is 212 g/mol. The van der Waals surface area contributed by atoms with Crippen LogP contribution in [0.4, 0.5) is 0 Å². The summed E-state index contributed by atoms with van der Waals surface area (Å²) in [5, 5.41) is 8.90. The Bertz CT molecular complexity index is 316. The lowest BCUT2D eigenvalue weighted by molar-refractivity contribution is -0.190. The first-order valence-corrected chi connectivity index (χ1v) is 5.40. The minimum absolute atomic E-state index is 0.379. The maximum absolute atomic E-state index is 11.3. The highest BCUT2D eigenvalue weighted by Crippen LogP contribution is 2.24. The smallest absolute Gasteiger partial charge is 0.317 e. The van der Waals surface area contributed by atoms with Crippen LogP contribution in [0.5, 0.6) is 0 Å². The van der Waals surface area contributed by atoms with Crippen LogP contribution < -0.4 is 0 Å². The summed E-state index contributed by atoms with van der Waals surface area (Å²) in [6.45, 7) is 0.632. The molecule has 1 aliphatic carbocycles. The maximum atomic E-state index is 11.3. The standard InChI is InChI=1S/C11H14O5/c12-7-4-5-8(10(7)11(13)14)16-9-3-1-2-6-15-9/h4-5,8-10H,1-3,6H2,(H,13,14)/t8-,9?,10-/m1/s1. The summed E-state index contributed by atoms with van der Waals surface area (Å²) in [5.74, 6) is -2.66. The number of rotatable bonds is 3. The molecule has 0 saturated carbocycles. The Hall–Kier alpha value is -1.20. The second-order valence-corrected chi connectivity index (χ2v) is 3.97. The molecule has 5 nitrogen and oxygen atoms in total. The highest BCUT2D eigenvalue weighted by atomic mass is 16.7. The van der Waals surface area contributed by atoms with Crippen molar-refractivity contribution in [1.29, 1.82) is 0 Å². The van der Waals surface area contributed by atoms with E-state index in [4.69, 9.17) is 14.6 Å². The van der Waals surface area contributed by atoms with Crippen molar-refractivity contribution in [3.63, 3.8) is 0 Å². The van der Waals surface area contributed by atoms with E-state index < -0.39 is 23.8 Å². The predicted octanol–water partition coefficient (Wildman–Crippen LogP) is 0.738. The Kier molecular flexibility index (Phi) is 3.36. The average molecular weight is 226 g/mol. The Morgan fingerprint density at radius 1 is 1.50 bits per heavy atom. The molecule has 1 unspecified atom stereocenters. The van der Waals surface area contributed by atoms with E-state index >= 15 is 0 Å². The van der Waals surface area contributed by atoms with Crippen LogP contribution in [-0.4, -0.2) is 35.9 Å². The van der Waals surface area contributed by atoms with Crippen molar-refractivity contribution >= 4 is 11.8 Å². The van der Waals surface area contributed by atoms with Gasteiger partial charge in [0.05, 0.1) is 6.10 Å². The SMILES string of the molecule is O=C(O)[C@@H]1C(=O)C=C[C@H]1OC1CCCCO1. The van der Waals surface area contributed by atoms with Crippen LogP contribution in [0.3, 0.4) is 0 Å². The maximum Gasteiger partial charge on any atom is 0.317 e. The van der Waals surface area contributed by atoms with E-state index in [-0.39, 0.29) is 6.29 Å². The number of carbonyl (C=O) groups excluding carboxylic acids is 1. The zero-order valence-corrected chi connectivity index (χ0v) is 8.80. The van der Waals surface area contributed by atoms with Gasteiger partial charge >= 0.3 is 5.97 Å². The van der Waals surface area contributed by atoms with Crippen LogP contribution in [0, 0.1) is 5.92 Å². The monoisotopic (exact) mass is 226 g/mol. The number of hydrogen-bond donors (Lipinski definition) is 1. The van der Waals surface area contributed by atoms with Crippen LogP contribution in [0.2, 0.25) is 0 Å². The third-order valence-corrected chi connectivity index (χ3v) is 2.80. The number of ketones is 1. The van der Waals surface area contributed by atoms with Crippen LogP contribution in [0.1, 0.15) is 19.3 Å². The topological polar surface area (TPSA) is 72.8 Å². The van der Waals surface area contributed by atoms with Gasteiger partial charge < -0.3 is 14.6 Å². The van der Waals surface area contributed by atoms with Gasteiger partial charge in [-0.15, -0.1) is 0 Å². The minimum Gasteiger partial charge on any atom is -0.481 e. The molecule has 1 fully saturated rings. The third kappa shape index (κ3) is 2.31. The quantitative estimate of drug-likeness (QED) is 0.718. The van der Waals surface area contributed by atoms with E-state index in [0.29, 0.717) is 6.61 Å². The van der Waals surface area contributed by atoms with Gasteiger partial charge in [0.1, 0.15) is 5.92 Å². The zero-order valence-electron chi connectivity index (χ0n) is 8.80. The fraction of sp³-hybridized carbons (Fsp3) is 0.636. The first-order valence-electron chi connectivity index (χ1n) is 5.40. The Labute approximate surface area is 93.0 Å². The molecule has 0 aromatic carbocycles. The molecule has 2 rings (SSSR count). The second kappa shape index (κ2) is 4.76. The van der Waals surface area contributed by atoms with Gasteiger partial charge in [0.15, 0.2) is 12.1 Å². The van der Waals surface area contributed by atoms with E-state index in [0.717, 1.165) is 19.3 Å². The van der Waals surface area contributed by atoms with Crippen LogP contribution in [0.15, 0.2) is 12.2 Å². The summed E-state index contributed by atoms with van der Waals surface area (Å²) in [6.07, 6.45) is 4.47. The molecule has 1 heterocycles. The summed E-state index contributed by atoms with van der Waals surface area (Å²) in [7, 11) is 0. The predicted molar refractivity (Wildman–Crippen MR) is 53.7 cm³/mol. The zero-order chi connectivity index (χ0) is 11.5. The van der Waals surface area contributed by atoms with Gasteiger partial charge in [0, 0.05) is 6.61 Å². The molecule has 0 spiro atoms. The number of ether oxygens (including phenoxy) is 2. The summed E-state index contributed by atoms with van der Waals surface area (Å²) in [6, 6.07) is 0. The average Bonchev–Trinajstić information content (AvgIpc) is 2.61. The summed E-state index contributed by atoms with van der Waals surface area (Å²) in [4.78, 5) is 22.2. The lowest BCUT2D eigenvalue weighted by Crippen LogP contribution is -2.35. The van der Waals surface area contributed by atoms with E-state index in [9.17, 15) is 9.59 Å². The molecule has 0 aromatic heterocycles. The molecule has 1 saturated heterocycles. The number of aliphatic carboxylic acids is 1. The number of carboxylic acid groups (broad SMARTS) is 1. The van der Waals surface area contributed by atoms with E-state index in [2.05, 4.69) is 0 Å². The number of allylic oxidation sites excluding steroid dienone is 1. The fourth-order valence-electron chi connectivity index (χ4n) is 1.95. The molecule has 0 amide bonds. The first-order chi connectivity index (χ1) is 7.68. The Balaban J connectivity index is 1.95. The summed E-state index contributed by atoms with van der Waals surface area (Å²) >= 11 is 0. The van der Waals surface area contributed by atoms with Gasteiger partial charge in [-0.1, -0.05) is 6.08 Å². The van der Waals surface area contributed by atoms with Crippen LogP contribution >= 0.6 is 0 Å². The van der Waals surface area contributed by atoms with Crippen molar-refractivity contribution in [2.45, 2.75) is 31.7 Å². The van der Waals surface area contributed by atoms with Crippen molar-refractivity contribution in [2.75, 3.05) is 6.61 Å². The molecule has 88 valence electrons. The molecule has 16 heavy (non-hydrogen) atoms. The Morgan fingerprint density at radius 3 is 2.94 bits per heavy atom. The molecule has 1 aliphatic heterocycles. The van der Waals surface area contributed by atoms with Crippen LogP contribution in [-0.2, 0) is 19.1 Å². The summed E-state index contributed by atoms with van der Waals surface area (Å²) < 4.78 is 10.8. The number of carboxylic acids is 1. The number of hydrogen-bond acceptors (Lipinski definition) is 4. The van der Waals surface area contributed by atoms with Gasteiger partial charge in [0.2, 0.25) is 0 Å².